The molecule has 7 heteroatoms. The van der Waals surface area contributed by atoms with Crippen LogP contribution in [0.15, 0.2) is 80.7 Å². The Bertz CT molecular complexity index is 1280. The van der Waals surface area contributed by atoms with Crippen LogP contribution in [0.25, 0.3) is 22.1 Å². The van der Waals surface area contributed by atoms with E-state index in [0.29, 0.717) is 22.3 Å². The zero-order valence-electron chi connectivity index (χ0n) is 16.6. The van der Waals surface area contributed by atoms with E-state index in [1.54, 1.807) is 25.3 Å². The van der Waals surface area contributed by atoms with Gasteiger partial charge in [0.1, 0.15) is 17.3 Å². The van der Waals surface area contributed by atoms with Gasteiger partial charge in [-0.1, -0.05) is 57.9 Å². The van der Waals surface area contributed by atoms with Gasteiger partial charge in [-0.3, -0.25) is 4.79 Å². The molecule has 0 radical (unpaired) electrons. The number of amides is 1. The first kappa shape index (κ1) is 21.2. The molecule has 1 amide bonds. The van der Waals surface area contributed by atoms with Crippen LogP contribution in [0, 0.1) is 0 Å². The first-order valence-corrected chi connectivity index (χ1v) is 10.6. The lowest BCUT2D eigenvalue weighted by Crippen LogP contribution is -2.19. The van der Waals surface area contributed by atoms with E-state index in [1.165, 1.54) is 6.21 Å². The van der Waals surface area contributed by atoms with Gasteiger partial charge in [0.25, 0.3) is 0 Å². The fourth-order valence-corrected chi connectivity index (χ4v) is 3.99. The largest absolute Gasteiger partial charge is 0.495 e. The Morgan fingerprint density at radius 1 is 1.13 bits per heavy atom. The molecule has 0 atom stereocenters. The standard InChI is InChI=1S/C24H18BrClN2O3/c1-30-23-10-7-16(12-21(23)26)22-11-8-17(31-22)14-27-28-24(29)13-15-6-9-20(25)19-5-3-2-4-18(15)19/h2-12,14H,13H2,1H3,(H,28,29)/b27-14+. The summed E-state index contributed by atoms with van der Waals surface area (Å²) in [7, 11) is 1.57. The third-order valence-electron chi connectivity index (χ3n) is 4.76. The van der Waals surface area contributed by atoms with Gasteiger partial charge in [0, 0.05) is 10.0 Å². The van der Waals surface area contributed by atoms with Gasteiger partial charge in [0.05, 0.1) is 24.8 Å². The molecule has 0 spiro atoms. The zero-order chi connectivity index (χ0) is 21.8. The molecule has 0 aliphatic rings. The Labute approximate surface area is 192 Å². The molecule has 0 aliphatic heterocycles. The Morgan fingerprint density at radius 3 is 2.71 bits per heavy atom. The lowest BCUT2D eigenvalue weighted by Gasteiger charge is -2.07. The van der Waals surface area contributed by atoms with Crippen LogP contribution >= 0.6 is 27.5 Å². The van der Waals surface area contributed by atoms with E-state index in [4.69, 9.17) is 20.8 Å². The number of carbonyl (C=O) groups is 1. The summed E-state index contributed by atoms with van der Waals surface area (Å²) < 4.78 is 11.9. The van der Waals surface area contributed by atoms with E-state index in [9.17, 15) is 4.79 Å². The minimum atomic E-state index is -0.211. The maximum atomic E-state index is 12.4. The van der Waals surface area contributed by atoms with Crippen molar-refractivity contribution in [1.29, 1.82) is 0 Å². The second-order valence-corrected chi connectivity index (χ2v) is 8.03. The number of nitrogens with zero attached hydrogens (tertiary/aromatic N) is 1. The summed E-state index contributed by atoms with van der Waals surface area (Å²) in [5.41, 5.74) is 4.30. The van der Waals surface area contributed by atoms with E-state index >= 15 is 0 Å². The highest BCUT2D eigenvalue weighted by Crippen LogP contribution is 2.31. The highest BCUT2D eigenvalue weighted by atomic mass is 79.9. The molecule has 0 saturated heterocycles. The number of benzene rings is 3. The number of ether oxygens (including phenoxy) is 1. The number of hydrazone groups is 1. The quantitative estimate of drug-likeness (QED) is 0.254. The van der Waals surface area contributed by atoms with Gasteiger partial charge in [-0.2, -0.15) is 5.10 Å². The number of rotatable bonds is 6. The van der Waals surface area contributed by atoms with Gasteiger partial charge >= 0.3 is 0 Å². The maximum Gasteiger partial charge on any atom is 0.244 e. The minimum Gasteiger partial charge on any atom is -0.495 e. The Balaban J connectivity index is 1.41. The smallest absolute Gasteiger partial charge is 0.244 e. The third kappa shape index (κ3) is 4.81. The molecule has 5 nitrogen and oxygen atoms in total. The van der Waals surface area contributed by atoms with E-state index in [0.717, 1.165) is 26.4 Å². The number of hydrogen-bond acceptors (Lipinski definition) is 4. The Morgan fingerprint density at radius 2 is 1.94 bits per heavy atom. The zero-order valence-corrected chi connectivity index (χ0v) is 18.9. The second kappa shape index (κ2) is 9.37. The lowest BCUT2D eigenvalue weighted by atomic mass is 10.0. The number of nitrogens with one attached hydrogen (secondary N) is 1. The summed E-state index contributed by atoms with van der Waals surface area (Å²) in [5, 5.41) is 6.61. The van der Waals surface area contributed by atoms with Gasteiger partial charge in [-0.05, 0) is 52.7 Å². The molecule has 156 valence electrons. The lowest BCUT2D eigenvalue weighted by molar-refractivity contribution is -0.120. The first-order valence-electron chi connectivity index (χ1n) is 9.47. The van der Waals surface area contributed by atoms with Crippen molar-refractivity contribution in [3.63, 3.8) is 0 Å². The van der Waals surface area contributed by atoms with Crippen molar-refractivity contribution in [1.82, 2.24) is 5.43 Å². The summed E-state index contributed by atoms with van der Waals surface area (Å²) >= 11 is 9.72. The van der Waals surface area contributed by atoms with Crippen molar-refractivity contribution < 1.29 is 13.9 Å². The van der Waals surface area contributed by atoms with Crippen molar-refractivity contribution in [3.05, 3.63) is 87.5 Å². The van der Waals surface area contributed by atoms with E-state index < -0.39 is 0 Å². The molecule has 0 unspecified atom stereocenters. The third-order valence-corrected chi connectivity index (χ3v) is 5.74. The van der Waals surface area contributed by atoms with E-state index in [2.05, 4.69) is 26.5 Å². The van der Waals surface area contributed by atoms with Gasteiger partial charge < -0.3 is 9.15 Å². The molecule has 4 aromatic rings. The average molecular weight is 498 g/mol. The summed E-state index contributed by atoms with van der Waals surface area (Å²) in [6.07, 6.45) is 1.69. The molecule has 1 N–H and O–H groups in total. The monoisotopic (exact) mass is 496 g/mol. The number of hydrogen-bond donors (Lipinski definition) is 1. The molecule has 0 fully saturated rings. The Kier molecular flexibility index (Phi) is 6.39. The number of methoxy groups -OCH3 is 1. The number of furan rings is 1. The van der Waals surface area contributed by atoms with Crippen molar-refractivity contribution in [3.8, 4) is 17.1 Å². The van der Waals surface area contributed by atoms with Crippen LogP contribution in [0.5, 0.6) is 5.75 Å². The van der Waals surface area contributed by atoms with Gasteiger partial charge in [-0.25, -0.2) is 5.43 Å². The second-order valence-electron chi connectivity index (χ2n) is 6.77. The fraction of sp³-hybridized carbons (Fsp3) is 0.0833. The predicted octanol–water partition coefficient (Wildman–Crippen LogP) is 6.22. The van der Waals surface area contributed by atoms with Crippen molar-refractivity contribution in [2.75, 3.05) is 7.11 Å². The first-order chi connectivity index (χ1) is 15.0. The van der Waals surface area contributed by atoms with Crippen molar-refractivity contribution in [2.24, 2.45) is 5.10 Å². The molecule has 0 aliphatic carbocycles. The average Bonchev–Trinajstić information content (AvgIpc) is 3.25. The fourth-order valence-electron chi connectivity index (χ4n) is 3.26. The predicted molar refractivity (Wildman–Crippen MR) is 127 cm³/mol. The molecular weight excluding hydrogens is 480 g/mol. The van der Waals surface area contributed by atoms with Crippen LogP contribution in [0.1, 0.15) is 11.3 Å². The summed E-state index contributed by atoms with van der Waals surface area (Å²) in [6.45, 7) is 0. The van der Waals surface area contributed by atoms with Crippen LogP contribution in [0.2, 0.25) is 5.02 Å². The van der Waals surface area contributed by atoms with Gasteiger partial charge in [0.2, 0.25) is 5.91 Å². The molecule has 3 aromatic carbocycles. The molecule has 0 bridgehead atoms. The number of halogens is 2. The molecule has 0 saturated carbocycles. The highest BCUT2D eigenvalue weighted by Gasteiger charge is 2.09. The van der Waals surface area contributed by atoms with Crippen LogP contribution < -0.4 is 10.2 Å². The summed E-state index contributed by atoms with van der Waals surface area (Å²) in [6, 6.07) is 20.8. The normalized spacial score (nSPS) is 11.2. The van der Waals surface area contributed by atoms with Crippen LogP contribution in [-0.2, 0) is 11.2 Å². The molecule has 4 rings (SSSR count). The topological polar surface area (TPSA) is 63.8 Å². The van der Waals surface area contributed by atoms with Crippen molar-refractivity contribution in [2.45, 2.75) is 6.42 Å². The van der Waals surface area contributed by atoms with Crippen LogP contribution in [-0.4, -0.2) is 19.2 Å². The molecule has 1 aromatic heterocycles. The summed E-state index contributed by atoms with van der Waals surface area (Å²) in [4.78, 5) is 12.4. The highest BCUT2D eigenvalue weighted by molar-refractivity contribution is 9.10. The van der Waals surface area contributed by atoms with E-state index in [1.807, 2.05) is 48.5 Å². The van der Waals surface area contributed by atoms with Crippen LogP contribution in [0.3, 0.4) is 0 Å². The number of carbonyl (C=O) groups excluding carboxylic acids is 1. The minimum absolute atomic E-state index is 0.211. The summed E-state index contributed by atoms with van der Waals surface area (Å²) in [5.74, 6) is 1.53. The number of fused-ring (bicyclic) bond motifs is 1. The SMILES string of the molecule is COc1ccc(-c2ccc(/C=N/NC(=O)Cc3ccc(Br)c4ccccc34)o2)cc1Cl. The molecule has 31 heavy (non-hydrogen) atoms. The van der Waals surface area contributed by atoms with Crippen molar-refractivity contribution >= 4 is 50.4 Å². The molecular formula is C24H18BrClN2O3. The van der Waals surface area contributed by atoms with E-state index in [-0.39, 0.29) is 12.3 Å². The van der Waals surface area contributed by atoms with Crippen LogP contribution in [0.4, 0.5) is 0 Å². The maximum absolute atomic E-state index is 12.4. The molecule has 1 heterocycles. The Hall–Kier alpha value is -3.09. The van der Waals surface area contributed by atoms with Gasteiger partial charge in [-0.15, -0.1) is 0 Å². The van der Waals surface area contributed by atoms with Gasteiger partial charge in [0.15, 0.2) is 0 Å².